The summed E-state index contributed by atoms with van der Waals surface area (Å²) < 4.78 is 11.1. The van der Waals surface area contributed by atoms with Gasteiger partial charge in [0.1, 0.15) is 11.2 Å². The first-order chi connectivity index (χ1) is 26.3. The summed E-state index contributed by atoms with van der Waals surface area (Å²) in [5, 5.41) is 7.12. The molecule has 0 bridgehead atoms. The maximum atomic E-state index is 6.33. The van der Waals surface area contributed by atoms with Crippen LogP contribution in [0.5, 0.6) is 0 Å². The Labute approximate surface area is 306 Å². The molecule has 11 aromatic rings. The van der Waals surface area contributed by atoms with E-state index in [1.165, 1.54) is 55.1 Å². The van der Waals surface area contributed by atoms with Crippen LogP contribution in [0.4, 0.5) is 0 Å². The first kappa shape index (κ1) is 29.6. The lowest BCUT2D eigenvalue weighted by molar-refractivity contribution is 0.669. The van der Waals surface area contributed by atoms with E-state index in [1.54, 1.807) is 0 Å². The molecule has 0 unspecified atom stereocenters. The largest absolute Gasteiger partial charge is 0.456 e. The fourth-order valence-corrected chi connectivity index (χ4v) is 8.21. The van der Waals surface area contributed by atoms with E-state index < -0.39 is 0 Å². The zero-order chi connectivity index (χ0) is 34.9. The summed E-state index contributed by atoms with van der Waals surface area (Å²) in [5.74, 6) is 0. The number of hydrogen-bond acceptors (Lipinski definition) is 1. The molecular formula is C50H32N2O. The molecule has 0 amide bonds. The fraction of sp³-hybridized carbons (Fsp3) is 0. The summed E-state index contributed by atoms with van der Waals surface area (Å²) in [6.07, 6.45) is 0. The maximum Gasteiger partial charge on any atom is 0.136 e. The molecule has 0 atom stereocenters. The van der Waals surface area contributed by atoms with Crippen LogP contribution in [0, 0.1) is 0 Å². The Morgan fingerprint density at radius 1 is 0.321 bits per heavy atom. The second-order valence-electron chi connectivity index (χ2n) is 13.8. The summed E-state index contributed by atoms with van der Waals surface area (Å²) in [6, 6.07) is 69.8. The van der Waals surface area contributed by atoms with Gasteiger partial charge in [0.15, 0.2) is 0 Å². The molecule has 0 saturated carbocycles. The molecule has 0 aliphatic carbocycles. The summed E-state index contributed by atoms with van der Waals surface area (Å²) in [5.41, 5.74) is 13.4. The van der Waals surface area contributed by atoms with Crippen molar-refractivity contribution in [1.29, 1.82) is 0 Å². The van der Waals surface area contributed by atoms with Crippen molar-refractivity contribution >= 4 is 54.5 Å². The van der Waals surface area contributed by atoms with Gasteiger partial charge in [-0.3, -0.25) is 0 Å². The van der Waals surface area contributed by atoms with Crippen LogP contribution in [-0.4, -0.2) is 9.13 Å². The molecule has 53 heavy (non-hydrogen) atoms. The molecule has 0 aliphatic heterocycles. The lowest BCUT2D eigenvalue weighted by atomic mass is 10.0. The summed E-state index contributed by atoms with van der Waals surface area (Å²) in [6.45, 7) is 0. The van der Waals surface area contributed by atoms with Gasteiger partial charge in [0.2, 0.25) is 0 Å². The highest BCUT2D eigenvalue weighted by atomic mass is 16.3. The minimum atomic E-state index is 0.895. The van der Waals surface area contributed by atoms with Crippen molar-refractivity contribution in [3.05, 3.63) is 194 Å². The highest BCUT2D eigenvalue weighted by Crippen LogP contribution is 2.40. The smallest absolute Gasteiger partial charge is 0.136 e. The monoisotopic (exact) mass is 676 g/mol. The Kier molecular flexibility index (Phi) is 6.55. The SMILES string of the molecule is c1ccc(-c2cc3ccc(-c4ccc5c(c4)cc(-c4ccc6c(c4)oc4ccccc46)n5-c4ccccc4)cc3n2-c2cccc3ccccc23)cc1. The third kappa shape index (κ3) is 4.75. The van der Waals surface area contributed by atoms with Crippen molar-refractivity contribution < 1.29 is 4.42 Å². The minimum Gasteiger partial charge on any atom is -0.456 e. The molecule has 0 aliphatic rings. The number of nitrogens with zero attached hydrogens (tertiary/aromatic N) is 2. The fourth-order valence-electron chi connectivity index (χ4n) is 8.21. The molecule has 0 saturated heterocycles. The van der Waals surface area contributed by atoms with Gasteiger partial charge < -0.3 is 13.6 Å². The summed E-state index contributed by atoms with van der Waals surface area (Å²) >= 11 is 0. The van der Waals surface area contributed by atoms with Crippen molar-refractivity contribution in [3.63, 3.8) is 0 Å². The third-order valence-electron chi connectivity index (χ3n) is 10.7. The zero-order valence-electron chi connectivity index (χ0n) is 28.8. The first-order valence-electron chi connectivity index (χ1n) is 18.1. The minimum absolute atomic E-state index is 0.895. The molecule has 0 spiro atoms. The van der Waals surface area contributed by atoms with Crippen molar-refractivity contribution in [2.45, 2.75) is 0 Å². The van der Waals surface area contributed by atoms with Crippen molar-refractivity contribution in [1.82, 2.24) is 9.13 Å². The standard InChI is InChI=1S/C50H32N2O/c1-3-13-34(14-4-1)46-30-37-23-22-36(29-48(37)52(46)45-20-11-15-33-12-7-8-18-41(33)45)35-25-27-44-39(28-35)31-47(51(44)40-16-5-2-6-17-40)38-24-26-43-42-19-9-10-21-49(42)53-50(43)32-38/h1-32H. The van der Waals surface area contributed by atoms with Crippen LogP contribution in [0.2, 0.25) is 0 Å². The Morgan fingerprint density at radius 2 is 0.981 bits per heavy atom. The number of hydrogen-bond donors (Lipinski definition) is 0. The number of rotatable bonds is 5. The van der Waals surface area contributed by atoms with E-state index in [4.69, 9.17) is 4.42 Å². The van der Waals surface area contributed by atoms with Gasteiger partial charge in [-0.2, -0.15) is 0 Å². The van der Waals surface area contributed by atoms with E-state index in [-0.39, 0.29) is 0 Å². The predicted molar refractivity (Wildman–Crippen MR) is 221 cm³/mol. The Bertz CT molecular complexity index is 3160. The predicted octanol–water partition coefficient (Wildman–Crippen LogP) is 13.6. The quantitative estimate of drug-likeness (QED) is 0.178. The van der Waals surface area contributed by atoms with E-state index in [0.29, 0.717) is 0 Å². The lowest BCUT2D eigenvalue weighted by Gasteiger charge is -2.15. The number of para-hydroxylation sites is 2. The average molecular weight is 677 g/mol. The van der Waals surface area contributed by atoms with Crippen molar-refractivity contribution in [3.8, 4) is 45.0 Å². The molecular weight excluding hydrogens is 645 g/mol. The molecule has 248 valence electrons. The second-order valence-corrected chi connectivity index (χ2v) is 13.8. The molecule has 11 rings (SSSR count). The van der Waals surface area contributed by atoms with Gasteiger partial charge in [0.05, 0.1) is 28.1 Å². The van der Waals surface area contributed by atoms with E-state index in [0.717, 1.165) is 44.4 Å². The molecule has 3 heterocycles. The molecule has 0 fully saturated rings. The number of aromatic nitrogens is 2. The van der Waals surface area contributed by atoms with Gasteiger partial charge >= 0.3 is 0 Å². The summed E-state index contributed by atoms with van der Waals surface area (Å²) in [7, 11) is 0. The zero-order valence-corrected chi connectivity index (χ0v) is 28.8. The number of benzene rings is 8. The summed E-state index contributed by atoms with van der Waals surface area (Å²) in [4.78, 5) is 0. The third-order valence-corrected chi connectivity index (χ3v) is 10.7. The van der Waals surface area contributed by atoms with Gasteiger partial charge in [0.25, 0.3) is 0 Å². The lowest BCUT2D eigenvalue weighted by Crippen LogP contribution is -1.98. The molecule has 3 heteroatoms. The van der Waals surface area contributed by atoms with Crippen LogP contribution >= 0.6 is 0 Å². The number of furan rings is 1. The van der Waals surface area contributed by atoms with Crippen LogP contribution in [0.1, 0.15) is 0 Å². The van der Waals surface area contributed by atoms with E-state index in [1.807, 2.05) is 12.1 Å². The van der Waals surface area contributed by atoms with Gasteiger partial charge in [-0.25, -0.2) is 0 Å². The van der Waals surface area contributed by atoms with Crippen LogP contribution in [0.3, 0.4) is 0 Å². The highest BCUT2D eigenvalue weighted by Gasteiger charge is 2.18. The maximum absolute atomic E-state index is 6.33. The topological polar surface area (TPSA) is 23.0 Å². The molecule has 3 aromatic heterocycles. The van der Waals surface area contributed by atoms with Gasteiger partial charge in [-0.1, -0.05) is 127 Å². The van der Waals surface area contributed by atoms with E-state index in [2.05, 4.69) is 191 Å². The second kappa shape index (κ2) is 11.7. The van der Waals surface area contributed by atoms with Crippen LogP contribution in [-0.2, 0) is 0 Å². The Balaban J connectivity index is 1.10. The van der Waals surface area contributed by atoms with Crippen LogP contribution in [0.25, 0.3) is 99.5 Å². The Morgan fingerprint density at radius 3 is 1.87 bits per heavy atom. The normalized spacial score (nSPS) is 11.8. The highest BCUT2D eigenvalue weighted by molar-refractivity contribution is 6.06. The van der Waals surface area contributed by atoms with Crippen LogP contribution < -0.4 is 0 Å². The van der Waals surface area contributed by atoms with Crippen molar-refractivity contribution in [2.24, 2.45) is 0 Å². The van der Waals surface area contributed by atoms with Crippen LogP contribution in [0.15, 0.2) is 199 Å². The molecule has 0 N–H and O–H groups in total. The molecule has 0 radical (unpaired) electrons. The Hall–Kier alpha value is -7.10. The first-order valence-corrected chi connectivity index (χ1v) is 18.1. The van der Waals surface area contributed by atoms with E-state index >= 15 is 0 Å². The average Bonchev–Trinajstić information content (AvgIpc) is 3.92. The van der Waals surface area contributed by atoms with E-state index in [9.17, 15) is 0 Å². The number of fused-ring (bicyclic) bond motifs is 6. The molecule has 3 nitrogen and oxygen atoms in total. The molecule has 8 aromatic carbocycles. The van der Waals surface area contributed by atoms with Gasteiger partial charge in [0, 0.05) is 38.2 Å². The van der Waals surface area contributed by atoms with Crippen molar-refractivity contribution in [2.75, 3.05) is 0 Å². The van der Waals surface area contributed by atoms with Gasteiger partial charge in [-0.05, 0) is 88.8 Å². The van der Waals surface area contributed by atoms with Gasteiger partial charge in [-0.15, -0.1) is 0 Å².